The van der Waals surface area contributed by atoms with Crippen LogP contribution in [-0.2, 0) is 14.3 Å². The Bertz CT molecular complexity index is 635. The molecular formula is C17H29N7O4S. The second-order valence-corrected chi connectivity index (χ2v) is 8.15. The van der Waals surface area contributed by atoms with E-state index in [0.29, 0.717) is 76.2 Å². The Morgan fingerprint density at radius 1 is 1.10 bits per heavy atom. The van der Waals surface area contributed by atoms with Crippen molar-refractivity contribution in [3.05, 3.63) is 0 Å². The van der Waals surface area contributed by atoms with Gasteiger partial charge in [-0.1, -0.05) is 0 Å². The quantitative estimate of drug-likeness (QED) is 0.504. The molecule has 2 N–H and O–H groups in total. The number of ether oxygens (including phenoxy) is 2. The molecule has 0 aromatic carbocycles. The number of aliphatic hydroxyl groups is 1. The number of thioether (sulfide) groups is 1. The number of nitrogens with one attached hydrogen (secondary N) is 1. The molecular weight excluding hydrogens is 398 g/mol. The highest BCUT2D eigenvalue weighted by atomic mass is 32.2. The maximum Gasteiger partial charge on any atom is 0.251 e. The van der Waals surface area contributed by atoms with Crippen LogP contribution < -0.4 is 20.2 Å². The lowest BCUT2D eigenvalue weighted by atomic mass is 10.4. The summed E-state index contributed by atoms with van der Waals surface area (Å²) in [6, 6.07) is 0. The molecule has 2 saturated heterocycles. The molecule has 2 aliphatic rings. The number of rotatable bonds is 8. The number of hydrazine groups is 1. The van der Waals surface area contributed by atoms with Crippen LogP contribution in [0.4, 0.5) is 17.8 Å². The fourth-order valence-electron chi connectivity index (χ4n) is 2.91. The van der Waals surface area contributed by atoms with Gasteiger partial charge in [0.2, 0.25) is 11.9 Å². The lowest BCUT2D eigenvalue weighted by Crippen LogP contribution is -2.45. The minimum absolute atomic E-state index is 0.0391. The largest absolute Gasteiger partial charge is 0.396 e. The molecule has 12 heteroatoms. The standard InChI is InChI=1S/C17H29N7O4S/c1-13(29-12-7-25)14(26)21-22(2)15-18-16(23-3-8-27-9-4-23)20-17(19-15)24-5-10-28-11-6-24/h13,25H,3-12H2,1-2H3,(H,21,26). The molecule has 0 bridgehead atoms. The molecule has 0 radical (unpaired) electrons. The van der Waals surface area contributed by atoms with Gasteiger partial charge in [-0.2, -0.15) is 15.0 Å². The maximum atomic E-state index is 12.4. The number of aliphatic hydroxyl groups excluding tert-OH is 1. The second kappa shape index (κ2) is 10.8. The molecule has 3 heterocycles. The monoisotopic (exact) mass is 427 g/mol. The van der Waals surface area contributed by atoms with Crippen LogP contribution in [0.1, 0.15) is 6.92 Å². The topological polar surface area (TPSA) is 116 Å². The number of carbonyl (C=O) groups is 1. The average Bonchev–Trinajstić information content (AvgIpc) is 2.78. The van der Waals surface area contributed by atoms with Gasteiger partial charge in [-0.05, 0) is 6.92 Å². The Morgan fingerprint density at radius 3 is 2.10 bits per heavy atom. The van der Waals surface area contributed by atoms with E-state index >= 15 is 0 Å². The average molecular weight is 428 g/mol. The van der Waals surface area contributed by atoms with Crippen LogP contribution >= 0.6 is 11.8 Å². The number of carbonyl (C=O) groups excluding carboxylic acids is 1. The lowest BCUT2D eigenvalue weighted by molar-refractivity contribution is -0.120. The number of hydrogen-bond donors (Lipinski definition) is 2. The molecule has 1 unspecified atom stereocenters. The molecule has 0 aliphatic carbocycles. The van der Waals surface area contributed by atoms with Crippen LogP contribution in [0.5, 0.6) is 0 Å². The van der Waals surface area contributed by atoms with Gasteiger partial charge in [0.1, 0.15) is 0 Å². The van der Waals surface area contributed by atoms with Gasteiger partial charge >= 0.3 is 0 Å². The summed E-state index contributed by atoms with van der Waals surface area (Å²) in [6.45, 7) is 7.16. The predicted molar refractivity (Wildman–Crippen MR) is 111 cm³/mol. The highest BCUT2D eigenvalue weighted by Crippen LogP contribution is 2.20. The molecule has 2 fully saturated rings. The van der Waals surface area contributed by atoms with Gasteiger partial charge in [0.15, 0.2) is 0 Å². The molecule has 0 spiro atoms. The van der Waals surface area contributed by atoms with E-state index in [4.69, 9.17) is 14.6 Å². The van der Waals surface area contributed by atoms with Gasteiger partial charge in [-0.25, -0.2) is 0 Å². The molecule has 162 valence electrons. The molecule has 3 rings (SSSR count). The number of aromatic nitrogens is 3. The Kier molecular flexibility index (Phi) is 8.09. The Labute approximate surface area is 174 Å². The Morgan fingerprint density at radius 2 is 1.62 bits per heavy atom. The zero-order valence-electron chi connectivity index (χ0n) is 16.9. The zero-order chi connectivity index (χ0) is 20.6. The number of amides is 1. The lowest BCUT2D eigenvalue weighted by Gasteiger charge is -2.31. The van der Waals surface area contributed by atoms with Crippen molar-refractivity contribution < 1.29 is 19.4 Å². The molecule has 1 atom stereocenters. The highest BCUT2D eigenvalue weighted by Gasteiger charge is 2.23. The van der Waals surface area contributed by atoms with Crippen LogP contribution in [0.3, 0.4) is 0 Å². The number of anilines is 3. The van der Waals surface area contributed by atoms with Gasteiger partial charge in [0.05, 0.1) is 38.3 Å². The van der Waals surface area contributed by atoms with Crippen molar-refractivity contribution in [2.75, 3.05) is 86.8 Å². The van der Waals surface area contributed by atoms with E-state index in [1.165, 1.54) is 16.8 Å². The maximum absolute atomic E-state index is 12.4. The van der Waals surface area contributed by atoms with Crippen molar-refractivity contribution >= 4 is 35.5 Å². The minimum atomic E-state index is -0.302. The number of hydrogen-bond acceptors (Lipinski definition) is 11. The van der Waals surface area contributed by atoms with Crippen molar-refractivity contribution in [3.63, 3.8) is 0 Å². The van der Waals surface area contributed by atoms with Crippen LogP contribution in [0, 0.1) is 0 Å². The van der Waals surface area contributed by atoms with E-state index in [1.807, 2.05) is 0 Å². The van der Waals surface area contributed by atoms with Crippen molar-refractivity contribution in [2.45, 2.75) is 12.2 Å². The van der Waals surface area contributed by atoms with Crippen LogP contribution in [0.15, 0.2) is 0 Å². The summed E-state index contributed by atoms with van der Waals surface area (Å²) < 4.78 is 10.9. The molecule has 11 nitrogen and oxygen atoms in total. The van der Waals surface area contributed by atoms with Gasteiger partial charge < -0.3 is 24.4 Å². The first-order valence-corrected chi connectivity index (χ1v) is 10.8. The van der Waals surface area contributed by atoms with Crippen molar-refractivity contribution in [1.29, 1.82) is 0 Å². The van der Waals surface area contributed by atoms with E-state index < -0.39 is 0 Å². The molecule has 1 amide bonds. The summed E-state index contributed by atoms with van der Waals surface area (Å²) in [5.74, 6) is 1.85. The SMILES string of the molecule is CC(SCCO)C(=O)NN(C)c1nc(N2CCOCC2)nc(N2CCOCC2)n1. The van der Waals surface area contributed by atoms with E-state index in [-0.39, 0.29) is 17.8 Å². The summed E-state index contributed by atoms with van der Waals surface area (Å²) in [5.41, 5.74) is 2.82. The summed E-state index contributed by atoms with van der Waals surface area (Å²) in [6.07, 6.45) is 0. The normalized spacial score (nSPS) is 18.4. The van der Waals surface area contributed by atoms with Crippen LogP contribution in [0.2, 0.25) is 0 Å². The van der Waals surface area contributed by atoms with Crippen LogP contribution in [-0.4, -0.2) is 103 Å². The molecule has 29 heavy (non-hydrogen) atoms. The first-order chi connectivity index (χ1) is 14.1. The molecule has 1 aromatic rings. The fourth-order valence-corrected chi connectivity index (χ4v) is 3.58. The summed E-state index contributed by atoms with van der Waals surface area (Å²) in [5, 5.41) is 10.2. The van der Waals surface area contributed by atoms with Gasteiger partial charge in [0.25, 0.3) is 11.9 Å². The van der Waals surface area contributed by atoms with E-state index in [1.54, 1.807) is 14.0 Å². The summed E-state index contributed by atoms with van der Waals surface area (Å²) >= 11 is 1.39. The Balaban J connectivity index is 1.78. The van der Waals surface area contributed by atoms with Crippen molar-refractivity contribution in [1.82, 2.24) is 20.4 Å². The van der Waals surface area contributed by atoms with Gasteiger partial charge in [-0.15, -0.1) is 11.8 Å². The van der Waals surface area contributed by atoms with Crippen molar-refractivity contribution in [2.24, 2.45) is 0 Å². The third-order valence-electron chi connectivity index (χ3n) is 4.59. The smallest absolute Gasteiger partial charge is 0.251 e. The number of morpholine rings is 2. The van der Waals surface area contributed by atoms with Gasteiger partial charge in [0, 0.05) is 39.0 Å². The predicted octanol–water partition coefficient (Wildman–Crippen LogP) is -0.874. The third-order valence-corrected chi connectivity index (χ3v) is 5.73. The third kappa shape index (κ3) is 6.04. The highest BCUT2D eigenvalue weighted by molar-refractivity contribution is 8.00. The fraction of sp³-hybridized carbons (Fsp3) is 0.765. The number of nitrogens with zero attached hydrogens (tertiary/aromatic N) is 6. The molecule has 2 aliphatic heterocycles. The minimum Gasteiger partial charge on any atom is -0.396 e. The Hall–Kier alpha value is -1.89. The molecule has 0 saturated carbocycles. The van der Waals surface area contributed by atoms with Gasteiger partial charge in [-0.3, -0.25) is 15.2 Å². The van der Waals surface area contributed by atoms with Crippen LogP contribution in [0.25, 0.3) is 0 Å². The summed E-state index contributed by atoms with van der Waals surface area (Å²) in [4.78, 5) is 30.4. The first kappa shape index (κ1) is 21.8. The van der Waals surface area contributed by atoms with E-state index in [0.717, 1.165) is 0 Å². The van der Waals surface area contributed by atoms with E-state index in [2.05, 4.69) is 30.2 Å². The van der Waals surface area contributed by atoms with E-state index in [9.17, 15) is 4.79 Å². The molecule has 1 aromatic heterocycles. The zero-order valence-corrected chi connectivity index (χ0v) is 17.7. The van der Waals surface area contributed by atoms with Crippen molar-refractivity contribution in [3.8, 4) is 0 Å². The second-order valence-electron chi connectivity index (χ2n) is 6.71. The first-order valence-electron chi connectivity index (χ1n) is 9.76. The summed E-state index contributed by atoms with van der Waals surface area (Å²) in [7, 11) is 1.71.